The smallest absolute Gasteiger partial charge is 0.192 e. The Hall–Kier alpha value is -1.68. The molecule has 1 saturated heterocycles. The van der Waals surface area contributed by atoms with Crippen LogP contribution in [0.15, 0.2) is 60.7 Å². The van der Waals surface area contributed by atoms with Crippen molar-refractivity contribution in [2.24, 2.45) is 5.41 Å². The van der Waals surface area contributed by atoms with Crippen molar-refractivity contribution >= 4 is 0 Å². The van der Waals surface area contributed by atoms with E-state index in [-0.39, 0.29) is 17.6 Å². The van der Waals surface area contributed by atoms with Crippen molar-refractivity contribution < 1.29 is 14.2 Å². The Morgan fingerprint density at radius 3 is 2.38 bits per heavy atom. The largest absolute Gasteiger partial charge is 0.373 e. The van der Waals surface area contributed by atoms with E-state index in [1.807, 2.05) is 31.2 Å². The molecular formula is C23H28O3. The molecule has 3 nitrogen and oxygen atoms in total. The first-order valence-electron chi connectivity index (χ1n) is 9.63. The van der Waals surface area contributed by atoms with Crippen LogP contribution in [0.4, 0.5) is 0 Å². The molecule has 1 saturated carbocycles. The second-order valence-corrected chi connectivity index (χ2v) is 7.93. The molecular weight excluding hydrogens is 324 g/mol. The van der Waals surface area contributed by atoms with Crippen molar-refractivity contribution in [2.75, 3.05) is 6.61 Å². The van der Waals surface area contributed by atoms with Crippen LogP contribution in [0.2, 0.25) is 0 Å². The Kier molecular flexibility index (Phi) is 4.87. The van der Waals surface area contributed by atoms with Crippen LogP contribution in [0.3, 0.4) is 0 Å². The summed E-state index contributed by atoms with van der Waals surface area (Å²) in [7, 11) is 0. The molecule has 4 rings (SSSR count). The fourth-order valence-electron chi connectivity index (χ4n) is 4.27. The van der Waals surface area contributed by atoms with Gasteiger partial charge in [0.25, 0.3) is 0 Å². The molecule has 1 aliphatic carbocycles. The van der Waals surface area contributed by atoms with Gasteiger partial charge in [0.05, 0.1) is 25.4 Å². The first-order chi connectivity index (χ1) is 12.6. The number of rotatable bonds is 4. The van der Waals surface area contributed by atoms with Crippen molar-refractivity contribution in [3.8, 4) is 0 Å². The van der Waals surface area contributed by atoms with Crippen LogP contribution in [0, 0.1) is 5.41 Å². The topological polar surface area (TPSA) is 27.7 Å². The summed E-state index contributed by atoms with van der Waals surface area (Å²) in [6, 6.07) is 20.6. The summed E-state index contributed by atoms with van der Waals surface area (Å²) >= 11 is 0. The van der Waals surface area contributed by atoms with E-state index in [0.717, 1.165) is 24.8 Å². The van der Waals surface area contributed by atoms with E-state index in [9.17, 15) is 0 Å². The van der Waals surface area contributed by atoms with Gasteiger partial charge in [0, 0.05) is 11.0 Å². The molecule has 2 aliphatic rings. The molecule has 1 heterocycles. The highest BCUT2D eigenvalue weighted by atomic mass is 16.7. The van der Waals surface area contributed by atoms with E-state index in [2.05, 4.69) is 43.3 Å². The number of ether oxygens (including phenoxy) is 3. The molecule has 0 bridgehead atoms. The standard InChI is InChI=1S/C23H28O3/c1-22-17-25-23(2,19-12-7-4-8-13-19)26-21(22)15-9-14-20(22)24-16-18-10-5-3-6-11-18/h3-8,10-13,20-21H,9,14-17H2,1-2H3/t20-,21-,22+,23+/m0/s1. The summed E-state index contributed by atoms with van der Waals surface area (Å²) in [5.74, 6) is -0.674. The highest BCUT2D eigenvalue weighted by Crippen LogP contribution is 2.48. The van der Waals surface area contributed by atoms with Crippen molar-refractivity contribution in [1.29, 1.82) is 0 Å². The fraction of sp³-hybridized carbons (Fsp3) is 0.478. The third-order valence-electron chi connectivity index (χ3n) is 6.02. The second kappa shape index (κ2) is 7.15. The molecule has 0 amide bonds. The molecule has 3 heteroatoms. The lowest BCUT2D eigenvalue weighted by Crippen LogP contribution is -2.58. The first-order valence-corrected chi connectivity index (χ1v) is 9.63. The summed E-state index contributed by atoms with van der Waals surface area (Å²) in [4.78, 5) is 0. The van der Waals surface area contributed by atoms with Crippen molar-refractivity contribution in [1.82, 2.24) is 0 Å². The fourth-order valence-corrected chi connectivity index (χ4v) is 4.27. The average molecular weight is 352 g/mol. The van der Waals surface area contributed by atoms with E-state index in [1.54, 1.807) is 0 Å². The zero-order chi connectivity index (χ0) is 18.0. The van der Waals surface area contributed by atoms with Crippen LogP contribution >= 0.6 is 0 Å². The maximum atomic E-state index is 6.55. The highest BCUT2D eigenvalue weighted by molar-refractivity contribution is 5.21. The van der Waals surface area contributed by atoms with Gasteiger partial charge in [-0.3, -0.25) is 0 Å². The second-order valence-electron chi connectivity index (χ2n) is 7.93. The van der Waals surface area contributed by atoms with Crippen LogP contribution in [0.5, 0.6) is 0 Å². The molecule has 0 unspecified atom stereocenters. The maximum absolute atomic E-state index is 6.55. The molecule has 0 radical (unpaired) electrons. The van der Waals surface area contributed by atoms with Crippen LogP contribution in [0.25, 0.3) is 0 Å². The van der Waals surface area contributed by atoms with Gasteiger partial charge in [-0.15, -0.1) is 0 Å². The van der Waals surface area contributed by atoms with E-state index in [0.29, 0.717) is 13.2 Å². The van der Waals surface area contributed by atoms with Crippen molar-refractivity contribution in [3.63, 3.8) is 0 Å². The molecule has 2 fully saturated rings. The zero-order valence-corrected chi connectivity index (χ0v) is 15.7. The Balaban J connectivity index is 1.48. The summed E-state index contributed by atoms with van der Waals surface area (Å²) < 4.78 is 19.2. The highest BCUT2D eigenvalue weighted by Gasteiger charge is 2.53. The molecule has 138 valence electrons. The van der Waals surface area contributed by atoms with Gasteiger partial charge in [0.2, 0.25) is 0 Å². The number of hydrogen-bond donors (Lipinski definition) is 0. The number of benzene rings is 2. The number of fused-ring (bicyclic) bond motifs is 1. The van der Waals surface area contributed by atoms with E-state index >= 15 is 0 Å². The minimum Gasteiger partial charge on any atom is -0.373 e. The Morgan fingerprint density at radius 1 is 0.962 bits per heavy atom. The Labute approximate surface area is 156 Å². The predicted octanol–water partition coefficient (Wildman–Crippen LogP) is 5.05. The first kappa shape index (κ1) is 17.7. The monoisotopic (exact) mass is 352 g/mol. The summed E-state index contributed by atoms with van der Waals surface area (Å²) in [5, 5.41) is 0. The quantitative estimate of drug-likeness (QED) is 0.770. The lowest BCUT2D eigenvalue weighted by atomic mass is 9.70. The molecule has 2 aromatic rings. The van der Waals surface area contributed by atoms with Crippen LogP contribution in [-0.4, -0.2) is 18.8 Å². The molecule has 0 N–H and O–H groups in total. The molecule has 4 atom stereocenters. The summed E-state index contributed by atoms with van der Waals surface area (Å²) in [6.45, 7) is 5.60. The minimum absolute atomic E-state index is 0.110. The summed E-state index contributed by atoms with van der Waals surface area (Å²) in [5.41, 5.74) is 2.18. The SMILES string of the molecule is C[C@@]1(c2ccccc2)OC[C@]2(C)[C@@H](OCc3ccccc3)CCC[C@@H]2O1. The van der Waals surface area contributed by atoms with Crippen molar-refractivity contribution in [3.05, 3.63) is 71.8 Å². The predicted molar refractivity (Wildman–Crippen MR) is 102 cm³/mol. The lowest BCUT2D eigenvalue weighted by molar-refractivity contribution is -0.354. The molecule has 0 aromatic heterocycles. The van der Waals surface area contributed by atoms with Gasteiger partial charge in [-0.2, -0.15) is 0 Å². The van der Waals surface area contributed by atoms with Gasteiger partial charge in [0.15, 0.2) is 5.79 Å². The van der Waals surface area contributed by atoms with Gasteiger partial charge in [-0.25, -0.2) is 0 Å². The van der Waals surface area contributed by atoms with Gasteiger partial charge in [-0.1, -0.05) is 67.6 Å². The average Bonchev–Trinajstić information content (AvgIpc) is 2.68. The minimum atomic E-state index is -0.674. The third-order valence-corrected chi connectivity index (χ3v) is 6.02. The van der Waals surface area contributed by atoms with E-state index in [1.165, 1.54) is 5.56 Å². The van der Waals surface area contributed by atoms with E-state index in [4.69, 9.17) is 14.2 Å². The summed E-state index contributed by atoms with van der Waals surface area (Å²) in [6.07, 6.45) is 3.56. The van der Waals surface area contributed by atoms with Crippen LogP contribution in [0.1, 0.15) is 44.2 Å². The number of hydrogen-bond acceptors (Lipinski definition) is 3. The maximum Gasteiger partial charge on any atom is 0.192 e. The van der Waals surface area contributed by atoms with Gasteiger partial charge < -0.3 is 14.2 Å². The van der Waals surface area contributed by atoms with Crippen LogP contribution in [-0.2, 0) is 26.6 Å². The van der Waals surface area contributed by atoms with Gasteiger partial charge >= 0.3 is 0 Å². The zero-order valence-electron chi connectivity index (χ0n) is 15.7. The molecule has 1 aliphatic heterocycles. The lowest BCUT2D eigenvalue weighted by Gasteiger charge is -2.54. The van der Waals surface area contributed by atoms with Crippen molar-refractivity contribution in [2.45, 2.75) is 57.7 Å². The van der Waals surface area contributed by atoms with Gasteiger partial charge in [-0.05, 0) is 31.7 Å². The normalized spacial score (nSPS) is 34.2. The molecule has 0 spiro atoms. The third kappa shape index (κ3) is 3.32. The molecule has 26 heavy (non-hydrogen) atoms. The van der Waals surface area contributed by atoms with Gasteiger partial charge in [0.1, 0.15) is 0 Å². The molecule has 2 aromatic carbocycles. The Morgan fingerprint density at radius 2 is 1.65 bits per heavy atom. The van der Waals surface area contributed by atoms with Crippen LogP contribution < -0.4 is 0 Å². The Bertz CT molecular complexity index is 717. The van der Waals surface area contributed by atoms with E-state index < -0.39 is 5.79 Å².